The van der Waals surface area contributed by atoms with Crippen LogP contribution < -0.4 is 14.4 Å². The fourth-order valence-electron chi connectivity index (χ4n) is 4.54. The molecule has 2 amide bonds. The monoisotopic (exact) mass is 579 g/mol. The SMILES string of the molecule is CCC(C(=O)NC(C)(C)C)N(CCc1ccccc1)C(=O)CN(c1ccccc1OC)S(=O)(=O)c1ccc(C)cc1. The largest absolute Gasteiger partial charge is 0.495 e. The molecular formula is C32H41N3O5S. The van der Waals surface area contributed by atoms with Crippen molar-refractivity contribution in [2.45, 2.75) is 63.9 Å². The van der Waals surface area contributed by atoms with Crippen molar-refractivity contribution in [3.63, 3.8) is 0 Å². The molecule has 0 fully saturated rings. The van der Waals surface area contributed by atoms with Gasteiger partial charge in [-0.15, -0.1) is 0 Å². The summed E-state index contributed by atoms with van der Waals surface area (Å²) in [6.45, 7) is 9.09. The summed E-state index contributed by atoms with van der Waals surface area (Å²) in [4.78, 5) is 29.1. The standard InChI is InChI=1S/C32H41N3O5S/c1-7-27(31(37)33-32(3,4)5)34(22-21-25-13-9-8-10-14-25)30(36)23-35(28-15-11-12-16-29(28)40-6)41(38,39)26-19-17-24(2)18-20-26/h8-20,27H,7,21-23H2,1-6H3,(H,33,37). The van der Waals surface area contributed by atoms with E-state index in [2.05, 4.69) is 5.32 Å². The Morgan fingerprint density at radius 2 is 1.54 bits per heavy atom. The van der Waals surface area contributed by atoms with Crippen LogP contribution in [0.3, 0.4) is 0 Å². The minimum absolute atomic E-state index is 0.0511. The van der Waals surface area contributed by atoms with Gasteiger partial charge in [-0.2, -0.15) is 0 Å². The van der Waals surface area contributed by atoms with Crippen molar-refractivity contribution >= 4 is 27.5 Å². The van der Waals surface area contributed by atoms with Gasteiger partial charge in [-0.25, -0.2) is 8.42 Å². The number of hydrogen-bond acceptors (Lipinski definition) is 5. The topological polar surface area (TPSA) is 96.0 Å². The van der Waals surface area contributed by atoms with Gasteiger partial charge in [0, 0.05) is 12.1 Å². The number of aryl methyl sites for hydroxylation is 1. The number of benzene rings is 3. The molecule has 0 saturated heterocycles. The second-order valence-electron chi connectivity index (χ2n) is 11.0. The van der Waals surface area contributed by atoms with Crippen LogP contribution in [0.15, 0.2) is 83.8 Å². The Balaban J connectivity index is 2.06. The Hall–Kier alpha value is -3.85. The van der Waals surface area contributed by atoms with Gasteiger partial charge < -0.3 is 15.0 Å². The van der Waals surface area contributed by atoms with E-state index < -0.39 is 34.1 Å². The van der Waals surface area contributed by atoms with Crippen LogP contribution in [-0.4, -0.2) is 56.9 Å². The average molecular weight is 580 g/mol. The molecule has 41 heavy (non-hydrogen) atoms. The number of rotatable bonds is 12. The molecule has 3 rings (SSSR count). The quantitative estimate of drug-likeness (QED) is 0.327. The maximum absolute atomic E-state index is 14.1. The lowest BCUT2D eigenvalue weighted by atomic mass is 10.1. The first kappa shape index (κ1) is 31.7. The molecule has 1 unspecified atom stereocenters. The van der Waals surface area contributed by atoms with E-state index in [0.29, 0.717) is 18.6 Å². The average Bonchev–Trinajstić information content (AvgIpc) is 2.93. The van der Waals surface area contributed by atoms with Gasteiger partial charge in [0.1, 0.15) is 18.3 Å². The third-order valence-corrected chi connectivity index (χ3v) is 8.38. The summed E-state index contributed by atoms with van der Waals surface area (Å²) in [6, 6.07) is 22.0. The molecule has 0 aliphatic heterocycles. The number of anilines is 1. The predicted octanol–water partition coefficient (Wildman–Crippen LogP) is 4.96. The van der Waals surface area contributed by atoms with E-state index in [9.17, 15) is 18.0 Å². The van der Waals surface area contributed by atoms with Crippen LogP contribution >= 0.6 is 0 Å². The van der Waals surface area contributed by atoms with Crippen LogP contribution in [-0.2, 0) is 26.0 Å². The van der Waals surface area contributed by atoms with E-state index >= 15 is 0 Å². The fraction of sp³-hybridized carbons (Fsp3) is 0.375. The summed E-state index contributed by atoms with van der Waals surface area (Å²) < 4.78 is 34.6. The Morgan fingerprint density at radius 1 is 0.927 bits per heavy atom. The summed E-state index contributed by atoms with van der Waals surface area (Å²) in [5, 5.41) is 2.98. The molecule has 0 heterocycles. The molecule has 0 aromatic heterocycles. The van der Waals surface area contributed by atoms with Crippen LogP contribution in [0.5, 0.6) is 5.75 Å². The Morgan fingerprint density at radius 3 is 2.12 bits per heavy atom. The van der Waals surface area contributed by atoms with Gasteiger partial charge in [0.2, 0.25) is 11.8 Å². The first-order chi connectivity index (χ1) is 19.4. The number of methoxy groups -OCH3 is 1. The lowest BCUT2D eigenvalue weighted by Gasteiger charge is -2.35. The van der Waals surface area contributed by atoms with Gasteiger partial charge in [0.25, 0.3) is 10.0 Å². The van der Waals surface area contributed by atoms with Crippen LogP contribution in [0.4, 0.5) is 5.69 Å². The smallest absolute Gasteiger partial charge is 0.264 e. The van der Waals surface area contributed by atoms with Gasteiger partial charge in [-0.1, -0.05) is 67.1 Å². The van der Waals surface area contributed by atoms with E-state index in [-0.39, 0.29) is 23.0 Å². The number of ether oxygens (including phenoxy) is 1. The highest BCUT2D eigenvalue weighted by molar-refractivity contribution is 7.92. The third-order valence-electron chi connectivity index (χ3n) is 6.61. The molecule has 1 atom stereocenters. The van der Waals surface area contributed by atoms with E-state index in [0.717, 1.165) is 15.4 Å². The van der Waals surface area contributed by atoms with Gasteiger partial charge in [0.05, 0.1) is 17.7 Å². The zero-order valence-corrected chi connectivity index (χ0v) is 25.6. The number of nitrogens with zero attached hydrogens (tertiary/aromatic N) is 2. The van der Waals surface area contributed by atoms with E-state index in [1.807, 2.05) is 65.0 Å². The zero-order chi connectivity index (χ0) is 30.2. The normalized spacial score (nSPS) is 12.3. The Bertz CT molecular complexity index is 1420. The van der Waals surface area contributed by atoms with Crippen molar-refractivity contribution < 1.29 is 22.7 Å². The minimum Gasteiger partial charge on any atom is -0.495 e. The summed E-state index contributed by atoms with van der Waals surface area (Å²) in [7, 11) is -2.72. The van der Waals surface area contributed by atoms with Crippen molar-refractivity contribution in [3.8, 4) is 5.75 Å². The maximum atomic E-state index is 14.1. The third kappa shape index (κ3) is 8.33. The molecule has 3 aromatic carbocycles. The molecular weight excluding hydrogens is 538 g/mol. The van der Waals surface area contributed by atoms with Crippen molar-refractivity contribution in [2.24, 2.45) is 0 Å². The minimum atomic E-state index is -4.18. The number of sulfonamides is 1. The molecule has 1 N–H and O–H groups in total. The lowest BCUT2D eigenvalue weighted by Crippen LogP contribution is -2.56. The summed E-state index contributed by atoms with van der Waals surface area (Å²) in [5.74, 6) is -0.464. The van der Waals surface area contributed by atoms with Crippen LogP contribution in [0.1, 0.15) is 45.2 Å². The molecule has 3 aromatic rings. The molecule has 0 spiro atoms. The summed E-state index contributed by atoms with van der Waals surface area (Å²) in [5.41, 5.74) is 1.65. The van der Waals surface area contributed by atoms with Gasteiger partial charge >= 0.3 is 0 Å². The van der Waals surface area contributed by atoms with Crippen LogP contribution in [0.25, 0.3) is 0 Å². The Labute approximate surface area is 244 Å². The van der Waals surface area contributed by atoms with Gasteiger partial charge in [-0.05, 0) is 70.4 Å². The number of para-hydroxylation sites is 2. The Kier molecular flexibility index (Phi) is 10.6. The van der Waals surface area contributed by atoms with Crippen LogP contribution in [0, 0.1) is 6.92 Å². The second-order valence-corrected chi connectivity index (χ2v) is 12.8. The molecule has 0 aliphatic rings. The first-order valence-electron chi connectivity index (χ1n) is 13.7. The van der Waals surface area contributed by atoms with Crippen molar-refractivity contribution in [1.29, 1.82) is 0 Å². The highest BCUT2D eigenvalue weighted by atomic mass is 32.2. The van der Waals surface area contributed by atoms with Crippen molar-refractivity contribution in [3.05, 3.63) is 90.0 Å². The number of carbonyl (C=O) groups is 2. The molecule has 0 aliphatic carbocycles. The maximum Gasteiger partial charge on any atom is 0.264 e. The predicted molar refractivity (Wildman–Crippen MR) is 163 cm³/mol. The number of nitrogens with one attached hydrogen (secondary N) is 1. The molecule has 0 saturated carbocycles. The van der Waals surface area contributed by atoms with E-state index in [4.69, 9.17) is 4.74 Å². The molecule has 220 valence electrons. The summed E-state index contributed by atoms with van der Waals surface area (Å²) >= 11 is 0. The highest BCUT2D eigenvalue weighted by Crippen LogP contribution is 2.32. The first-order valence-corrected chi connectivity index (χ1v) is 15.2. The van der Waals surface area contributed by atoms with Gasteiger partial charge in [0.15, 0.2) is 0 Å². The molecule has 0 radical (unpaired) electrons. The summed E-state index contributed by atoms with van der Waals surface area (Å²) in [6.07, 6.45) is 0.868. The van der Waals surface area contributed by atoms with Crippen molar-refractivity contribution in [1.82, 2.24) is 10.2 Å². The zero-order valence-electron chi connectivity index (χ0n) is 24.8. The lowest BCUT2D eigenvalue weighted by molar-refractivity contribution is -0.140. The highest BCUT2D eigenvalue weighted by Gasteiger charge is 2.35. The second kappa shape index (κ2) is 13.7. The fourth-order valence-corrected chi connectivity index (χ4v) is 5.96. The van der Waals surface area contributed by atoms with E-state index in [1.165, 1.54) is 24.1 Å². The van der Waals surface area contributed by atoms with Gasteiger partial charge in [-0.3, -0.25) is 13.9 Å². The van der Waals surface area contributed by atoms with Crippen LogP contribution in [0.2, 0.25) is 0 Å². The molecule has 9 heteroatoms. The number of hydrogen-bond donors (Lipinski definition) is 1. The number of carbonyl (C=O) groups excluding carboxylic acids is 2. The van der Waals surface area contributed by atoms with E-state index in [1.54, 1.807) is 36.4 Å². The molecule has 8 nitrogen and oxygen atoms in total. The van der Waals surface area contributed by atoms with Crippen molar-refractivity contribution in [2.75, 3.05) is 24.5 Å². The molecule has 0 bridgehead atoms. The number of amides is 2.